The zero-order valence-electron chi connectivity index (χ0n) is 3.60. The van der Waals surface area contributed by atoms with E-state index < -0.39 is 8.03 Å². The molecule has 0 aromatic carbocycles. The van der Waals surface area contributed by atoms with Gasteiger partial charge in [-0.15, -0.1) is 0 Å². The Morgan fingerprint density at radius 1 is 2.00 bits per heavy atom. The van der Waals surface area contributed by atoms with Crippen LogP contribution in [0.15, 0.2) is 0 Å². The van der Waals surface area contributed by atoms with Crippen LogP contribution in [0.4, 0.5) is 0 Å². The van der Waals surface area contributed by atoms with Gasteiger partial charge in [-0.1, -0.05) is 0 Å². The van der Waals surface area contributed by atoms with Crippen LogP contribution in [0, 0.1) is 0 Å². The lowest BCUT2D eigenvalue weighted by molar-refractivity contribution is 0.344. The lowest BCUT2D eigenvalue weighted by atomic mass is 11.4. The summed E-state index contributed by atoms with van der Waals surface area (Å²) in [5.41, 5.74) is 4.83. The van der Waals surface area contributed by atoms with Crippen LogP contribution in [0.1, 0.15) is 0 Å². The van der Waals surface area contributed by atoms with Gasteiger partial charge in [-0.05, 0) is 0 Å². The van der Waals surface area contributed by atoms with Crippen LogP contribution in [0.2, 0.25) is 0 Å². The minimum Gasteiger partial charge on any atom is -0.315 e. The third-order valence-electron chi connectivity index (χ3n) is 0.287. The normalized spacial score (nSPS) is 14.3. The van der Waals surface area contributed by atoms with E-state index in [1.807, 2.05) is 0 Å². The van der Waals surface area contributed by atoms with Crippen LogP contribution in [0.25, 0.3) is 0 Å². The molecule has 3 nitrogen and oxygen atoms in total. The second-order valence-electron chi connectivity index (χ2n) is 0.803. The molecule has 0 radical (unpaired) electrons. The molecule has 0 spiro atoms. The Kier molecular flexibility index (Phi) is 3.43. The Balaban J connectivity index is 2.83. The summed E-state index contributed by atoms with van der Waals surface area (Å²) >= 11 is 0. The fourth-order valence-corrected chi connectivity index (χ4v) is 0.352. The number of rotatable bonds is 2. The molecule has 0 amide bonds. The van der Waals surface area contributed by atoms with Crippen molar-refractivity contribution in [2.24, 2.45) is 5.73 Å². The van der Waals surface area contributed by atoms with Crippen molar-refractivity contribution in [3.8, 4) is 0 Å². The van der Waals surface area contributed by atoms with Gasteiger partial charge in [0.05, 0.1) is 0 Å². The van der Waals surface area contributed by atoms with E-state index in [1.54, 1.807) is 0 Å². The second kappa shape index (κ2) is 3.34. The molecular weight excluding hydrogens is 101 g/mol. The summed E-state index contributed by atoms with van der Waals surface area (Å²) in [5, 5.41) is 0. The molecule has 0 rings (SSSR count). The monoisotopic (exact) mass is 109 g/mol. The van der Waals surface area contributed by atoms with Crippen molar-refractivity contribution in [3.05, 3.63) is 0 Å². The first-order valence-electron chi connectivity index (χ1n) is 1.61. The van der Waals surface area contributed by atoms with E-state index in [0.717, 1.165) is 0 Å². The van der Waals surface area contributed by atoms with Gasteiger partial charge in [0.1, 0.15) is 6.73 Å². The summed E-state index contributed by atoms with van der Waals surface area (Å²) in [4.78, 5) is 0. The maximum absolute atomic E-state index is 9.93. The smallest absolute Gasteiger partial charge is 0.189 e. The van der Waals surface area contributed by atoms with Crippen LogP contribution < -0.4 is 5.73 Å². The molecule has 0 fully saturated rings. The first-order valence-corrected chi connectivity index (χ1v) is 3.42. The van der Waals surface area contributed by atoms with Crippen molar-refractivity contribution >= 4 is 8.03 Å². The van der Waals surface area contributed by atoms with Gasteiger partial charge >= 0.3 is 0 Å². The Morgan fingerprint density at radius 2 is 2.50 bits per heavy atom. The van der Waals surface area contributed by atoms with E-state index in [-0.39, 0.29) is 6.73 Å². The SMILES string of the molecule is C[PH](=O)OCN. The predicted octanol–water partition coefficient (Wildman–Crippen LogP) is 0.0237. The maximum atomic E-state index is 9.93. The third-order valence-corrected chi connectivity index (χ3v) is 0.860. The van der Waals surface area contributed by atoms with E-state index in [1.165, 1.54) is 6.66 Å². The molecule has 4 heteroatoms. The predicted molar refractivity (Wildman–Crippen MR) is 25.1 cm³/mol. The molecule has 0 saturated heterocycles. The van der Waals surface area contributed by atoms with Crippen molar-refractivity contribution in [1.82, 2.24) is 0 Å². The van der Waals surface area contributed by atoms with Crippen LogP contribution in [0.3, 0.4) is 0 Å². The minimum atomic E-state index is -1.76. The van der Waals surface area contributed by atoms with Crippen molar-refractivity contribution in [3.63, 3.8) is 0 Å². The standard InChI is InChI=1S/C2H8NO2P/c1-6(4)5-2-3/h6H,2-3H2,1H3. The molecule has 0 aromatic rings. The summed E-state index contributed by atoms with van der Waals surface area (Å²) in [7, 11) is -1.76. The highest BCUT2D eigenvalue weighted by molar-refractivity contribution is 7.38. The van der Waals surface area contributed by atoms with E-state index >= 15 is 0 Å². The van der Waals surface area contributed by atoms with Crippen LogP contribution >= 0.6 is 8.03 Å². The van der Waals surface area contributed by atoms with Crippen molar-refractivity contribution < 1.29 is 9.09 Å². The molecule has 6 heavy (non-hydrogen) atoms. The zero-order chi connectivity index (χ0) is 4.99. The van der Waals surface area contributed by atoms with Crippen molar-refractivity contribution in [2.75, 3.05) is 13.4 Å². The van der Waals surface area contributed by atoms with E-state index in [4.69, 9.17) is 5.73 Å². The fourth-order valence-electron chi connectivity index (χ4n) is 0.117. The lowest BCUT2D eigenvalue weighted by Gasteiger charge is -1.88. The lowest BCUT2D eigenvalue weighted by Crippen LogP contribution is -1.97. The largest absolute Gasteiger partial charge is 0.315 e. The molecule has 1 atom stereocenters. The van der Waals surface area contributed by atoms with Gasteiger partial charge in [-0.2, -0.15) is 0 Å². The van der Waals surface area contributed by atoms with Gasteiger partial charge in [0, 0.05) is 6.66 Å². The minimum absolute atomic E-state index is 0.0638. The topological polar surface area (TPSA) is 52.3 Å². The molecule has 0 aliphatic heterocycles. The second-order valence-corrected chi connectivity index (χ2v) is 2.07. The van der Waals surface area contributed by atoms with Crippen molar-refractivity contribution in [2.45, 2.75) is 0 Å². The molecule has 0 bridgehead atoms. The molecular formula is C2H8NO2P. The molecule has 0 aliphatic rings. The molecule has 0 saturated carbocycles. The van der Waals surface area contributed by atoms with Crippen LogP contribution in [0.5, 0.6) is 0 Å². The van der Waals surface area contributed by atoms with E-state index in [0.29, 0.717) is 0 Å². The first-order chi connectivity index (χ1) is 2.77. The Labute approximate surface area is 37.3 Å². The van der Waals surface area contributed by atoms with Gasteiger partial charge in [0.2, 0.25) is 0 Å². The van der Waals surface area contributed by atoms with Gasteiger partial charge in [0.15, 0.2) is 8.03 Å². The Bertz CT molecular complexity index is 55.5. The third kappa shape index (κ3) is 4.15. The average molecular weight is 109 g/mol. The van der Waals surface area contributed by atoms with E-state index in [9.17, 15) is 4.57 Å². The summed E-state index contributed by atoms with van der Waals surface area (Å²) in [6.07, 6.45) is 0. The van der Waals surface area contributed by atoms with Crippen molar-refractivity contribution in [1.29, 1.82) is 0 Å². The van der Waals surface area contributed by atoms with Gasteiger partial charge in [0.25, 0.3) is 0 Å². The highest BCUT2D eigenvalue weighted by Crippen LogP contribution is 2.11. The Morgan fingerprint density at radius 3 is 2.50 bits per heavy atom. The summed E-state index contributed by atoms with van der Waals surface area (Å²) in [5.74, 6) is 0. The van der Waals surface area contributed by atoms with Gasteiger partial charge in [-0.25, -0.2) is 0 Å². The number of hydrogen-bond acceptors (Lipinski definition) is 3. The molecule has 2 N–H and O–H groups in total. The average Bonchev–Trinajstić information content (AvgIpc) is 1.35. The molecule has 1 unspecified atom stereocenters. The maximum Gasteiger partial charge on any atom is 0.189 e. The quantitative estimate of drug-likeness (QED) is 0.402. The first kappa shape index (κ1) is 6.15. The summed E-state index contributed by atoms with van der Waals surface area (Å²) < 4.78 is 14.3. The highest BCUT2D eigenvalue weighted by atomic mass is 31.1. The summed E-state index contributed by atoms with van der Waals surface area (Å²) in [6, 6.07) is 0. The van der Waals surface area contributed by atoms with Gasteiger partial charge < -0.3 is 10.3 Å². The number of hydrogen-bond donors (Lipinski definition) is 1. The molecule has 38 valence electrons. The highest BCUT2D eigenvalue weighted by Gasteiger charge is 1.79. The van der Waals surface area contributed by atoms with E-state index in [2.05, 4.69) is 4.52 Å². The fraction of sp³-hybridized carbons (Fsp3) is 1.00. The summed E-state index contributed by atoms with van der Waals surface area (Å²) in [6.45, 7) is 1.56. The van der Waals surface area contributed by atoms with Crippen LogP contribution in [-0.4, -0.2) is 13.4 Å². The number of nitrogens with two attached hydrogens (primary N) is 1. The zero-order valence-corrected chi connectivity index (χ0v) is 4.60. The molecule has 0 aliphatic carbocycles. The van der Waals surface area contributed by atoms with Gasteiger partial charge in [-0.3, -0.25) is 4.57 Å². The van der Waals surface area contributed by atoms with Crippen LogP contribution in [-0.2, 0) is 9.09 Å². The Hall–Kier alpha value is 0.150. The molecule has 0 heterocycles. The molecule has 0 aromatic heterocycles.